The maximum atomic E-state index is 12.2. The van der Waals surface area contributed by atoms with Crippen LogP contribution < -0.4 is 4.90 Å². The summed E-state index contributed by atoms with van der Waals surface area (Å²) in [5.74, 6) is -0.692. The Morgan fingerprint density at radius 1 is 1.35 bits per heavy atom. The highest BCUT2D eigenvalue weighted by Crippen LogP contribution is 2.32. The average Bonchev–Trinajstić information content (AvgIpc) is 2.35. The summed E-state index contributed by atoms with van der Waals surface area (Å²) in [6, 6.07) is 6.10. The van der Waals surface area contributed by atoms with Gasteiger partial charge in [-0.25, -0.2) is 0 Å². The zero-order valence-electron chi connectivity index (χ0n) is 10.9. The summed E-state index contributed by atoms with van der Waals surface area (Å²) in [7, 11) is 0. The largest absolute Gasteiger partial charge is 0.389 e. The van der Waals surface area contributed by atoms with Gasteiger partial charge in [-0.1, -0.05) is 12.1 Å². The molecule has 0 saturated heterocycles. The summed E-state index contributed by atoms with van der Waals surface area (Å²) in [6.45, 7) is 1.67. The first kappa shape index (κ1) is 14.6. The molecule has 3 nitrogen and oxygen atoms in total. The standard InChI is InChI=1S/C14H14F3NO2/c1-9-8-12(19)10-4-2-3-5-11(10)18(9)13(20)6-7-14(15,16)17/h2-5,9H,6-8H2,1H3. The number of nitrogens with zero attached hydrogens (tertiary/aromatic N) is 1. The predicted octanol–water partition coefficient (Wildman–Crippen LogP) is 3.34. The molecule has 108 valence electrons. The van der Waals surface area contributed by atoms with E-state index in [2.05, 4.69) is 0 Å². The lowest BCUT2D eigenvalue weighted by Crippen LogP contribution is -2.44. The van der Waals surface area contributed by atoms with E-state index < -0.39 is 31.0 Å². The van der Waals surface area contributed by atoms with E-state index in [1.807, 2.05) is 0 Å². The fourth-order valence-corrected chi connectivity index (χ4v) is 2.38. The maximum Gasteiger partial charge on any atom is 0.389 e. The highest BCUT2D eigenvalue weighted by molar-refractivity contribution is 6.09. The molecule has 2 rings (SSSR count). The number of para-hydroxylation sites is 1. The van der Waals surface area contributed by atoms with Crippen LogP contribution in [0.4, 0.5) is 18.9 Å². The second-order valence-electron chi connectivity index (χ2n) is 4.87. The smallest absolute Gasteiger partial charge is 0.308 e. The summed E-state index contributed by atoms with van der Waals surface area (Å²) in [4.78, 5) is 25.2. The molecular formula is C14H14F3NO2. The summed E-state index contributed by atoms with van der Waals surface area (Å²) in [5.41, 5.74) is 0.800. The third-order valence-corrected chi connectivity index (χ3v) is 3.28. The quantitative estimate of drug-likeness (QED) is 0.835. The van der Waals surface area contributed by atoms with Crippen LogP contribution in [0, 0.1) is 0 Å². The van der Waals surface area contributed by atoms with Gasteiger partial charge in [-0.15, -0.1) is 0 Å². The molecule has 20 heavy (non-hydrogen) atoms. The van der Waals surface area contributed by atoms with Crippen LogP contribution in [0.2, 0.25) is 0 Å². The SMILES string of the molecule is CC1CC(=O)c2ccccc2N1C(=O)CCC(F)(F)F. The van der Waals surface area contributed by atoms with Gasteiger partial charge in [0, 0.05) is 24.4 Å². The first-order valence-corrected chi connectivity index (χ1v) is 6.30. The number of carbonyl (C=O) groups excluding carboxylic acids is 2. The molecule has 1 heterocycles. The van der Waals surface area contributed by atoms with Gasteiger partial charge in [0.15, 0.2) is 5.78 Å². The van der Waals surface area contributed by atoms with Crippen molar-refractivity contribution in [3.05, 3.63) is 29.8 Å². The van der Waals surface area contributed by atoms with E-state index in [1.165, 1.54) is 4.90 Å². The van der Waals surface area contributed by atoms with Crippen molar-refractivity contribution >= 4 is 17.4 Å². The topological polar surface area (TPSA) is 37.4 Å². The first-order valence-electron chi connectivity index (χ1n) is 6.30. The third-order valence-electron chi connectivity index (χ3n) is 3.28. The van der Waals surface area contributed by atoms with Crippen LogP contribution in [-0.4, -0.2) is 23.9 Å². The average molecular weight is 285 g/mol. The van der Waals surface area contributed by atoms with Crippen LogP contribution in [0.3, 0.4) is 0 Å². The first-order chi connectivity index (χ1) is 9.29. The van der Waals surface area contributed by atoms with E-state index in [0.29, 0.717) is 11.3 Å². The number of halogens is 3. The number of carbonyl (C=O) groups is 2. The van der Waals surface area contributed by atoms with Crippen molar-refractivity contribution in [1.29, 1.82) is 0 Å². The van der Waals surface area contributed by atoms with Crippen molar-refractivity contribution in [2.75, 3.05) is 4.90 Å². The van der Waals surface area contributed by atoms with E-state index in [0.717, 1.165) is 0 Å². The number of Topliss-reactive ketones (excluding diaryl/α,β-unsaturated/α-hetero) is 1. The minimum atomic E-state index is -4.36. The van der Waals surface area contributed by atoms with Crippen LogP contribution >= 0.6 is 0 Å². The van der Waals surface area contributed by atoms with Crippen molar-refractivity contribution in [2.24, 2.45) is 0 Å². The Kier molecular flexibility index (Phi) is 3.83. The summed E-state index contributed by atoms with van der Waals surface area (Å²) >= 11 is 0. The minimum Gasteiger partial charge on any atom is -0.308 e. The molecule has 6 heteroatoms. The molecule has 1 unspecified atom stereocenters. The monoisotopic (exact) mass is 285 g/mol. The van der Waals surface area contributed by atoms with Crippen molar-refractivity contribution in [3.63, 3.8) is 0 Å². The van der Waals surface area contributed by atoms with Gasteiger partial charge in [0.2, 0.25) is 5.91 Å². The number of hydrogen-bond donors (Lipinski definition) is 0. The van der Waals surface area contributed by atoms with Crippen LogP contribution in [0.5, 0.6) is 0 Å². The highest BCUT2D eigenvalue weighted by atomic mass is 19.4. The van der Waals surface area contributed by atoms with Crippen molar-refractivity contribution in [2.45, 2.75) is 38.4 Å². The lowest BCUT2D eigenvalue weighted by atomic mass is 9.95. The lowest BCUT2D eigenvalue weighted by Gasteiger charge is -2.34. The molecule has 0 aliphatic carbocycles. The fourth-order valence-electron chi connectivity index (χ4n) is 2.38. The Labute approximate surface area is 114 Å². The molecular weight excluding hydrogens is 271 g/mol. The molecule has 1 aliphatic heterocycles. The van der Waals surface area contributed by atoms with Gasteiger partial charge < -0.3 is 4.90 Å². The van der Waals surface area contributed by atoms with Gasteiger partial charge in [0.05, 0.1) is 12.1 Å². The molecule has 0 aromatic heterocycles. The van der Waals surface area contributed by atoms with E-state index >= 15 is 0 Å². The van der Waals surface area contributed by atoms with Gasteiger partial charge in [-0.2, -0.15) is 13.2 Å². The normalized spacial score (nSPS) is 18.9. The van der Waals surface area contributed by atoms with Crippen LogP contribution in [-0.2, 0) is 4.79 Å². The van der Waals surface area contributed by atoms with Gasteiger partial charge in [-0.3, -0.25) is 9.59 Å². The van der Waals surface area contributed by atoms with Crippen LogP contribution in [0.15, 0.2) is 24.3 Å². The summed E-state index contributed by atoms with van der Waals surface area (Å²) in [5, 5.41) is 0. The van der Waals surface area contributed by atoms with Gasteiger partial charge >= 0.3 is 6.18 Å². The minimum absolute atomic E-state index is 0.0898. The Morgan fingerprint density at radius 2 is 2.00 bits per heavy atom. The molecule has 0 N–H and O–H groups in total. The van der Waals surface area contributed by atoms with E-state index in [-0.39, 0.29) is 12.2 Å². The summed E-state index contributed by atoms with van der Waals surface area (Å²) < 4.78 is 36.6. The molecule has 0 radical (unpaired) electrons. The highest BCUT2D eigenvalue weighted by Gasteiger charge is 2.34. The molecule has 0 bridgehead atoms. The number of hydrogen-bond acceptors (Lipinski definition) is 2. The molecule has 1 amide bonds. The zero-order valence-corrected chi connectivity index (χ0v) is 10.9. The molecule has 0 saturated carbocycles. The second kappa shape index (κ2) is 5.26. The Bertz CT molecular complexity index is 539. The van der Waals surface area contributed by atoms with Crippen LogP contribution in [0.1, 0.15) is 36.5 Å². The zero-order chi connectivity index (χ0) is 14.9. The number of benzene rings is 1. The third kappa shape index (κ3) is 3.00. The number of fused-ring (bicyclic) bond motifs is 1. The van der Waals surface area contributed by atoms with Crippen LogP contribution in [0.25, 0.3) is 0 Å². The Hall–Kier alpha value is -1.85. The maximum absolute atomic E-state index is 12.2. The molecule has 0 fully saturated rings. The molecule has 1 atom stereocenters. The number of ketones is 1. The Balaban J connectivity index is 2.25. The Morgan fingerprint density at radius 3 is 2.65 bits per heavy atom. The van der Waals surface area contributed by atoms with Gasteiger partial charge in [0.25, 0.3) is 0 Å². The fraction of sp³-hybridized carbons (Fsp3) is 0.429. The van der Waals surface area contributed by atoms with Crippen molar-refractivity contribution < 1.29 is 22.8 Å². The van der Waals surface area contributed by atoms with Crippen molar-refractivity contribution in [3.8, 4) is 0 Å². The van der Waals surface area contributed by atoms with Gasteiger partial charge in [-0.05, 0) is 19.1 Å². The number of alkyl halides is 3. The molecule has 1 aromatic rings. The van der Waals surface area contributed by atoms with Gasteiger partial charge in [0.1, 0.15) is 0 Å². The number of rotatable bonds is 2. The van der Waals surface area contributed by atoms with E-state index in [4.69, 9.17) is 0 Å². The summed E-state index contributed by atoms with van der Waals surface area (Å²) in [6.07, 6.45) is -5.97. The predicted molar refractivity (Wildman–Crippen MR) is 67.6 cm³/mol. The molecule has 1 aliphatic rings. The second-order valence-corrected chi connectivity index (χ2v) is 4.87. The number of amides is 1. The van der Waals surface area contributed by atoms with E-state index in [9.17, 15) is 22.8 Å². The van der Waals surface area contributed by atoms with Crippen molar-refractivity contribution in [1.82, 2.24) is 0 Å². The van der Waals surface area contributed by atoms with E-state index in [1.54, 1.807) is 31.2 Å². The molecule has 0 spiro atoms. The lowest BCUT2D eigenvalue weighted by molar-refractivity contribution is -0.143. The molecule has 1 aromatic carbocycles. The number of anilines is 1.